The van der Waals surface area contributed by atoms with E-state index in [1.165, 1.54) is 23.9 Å². The fourth-order valence-corrected chi connectivity index (χ4v) is 4.70. The summed E-state index contributed by atoms with van der Waals surface area (Å²) in [5.74, 6) is 2.28. The van der Waals surface area contributed by atoms with E-state index in [-0.39, 0.29) is 23.0 Å². The molecular formula is C33H31N5O6. The van der Waals surface area contributed by atoms with Gasteiger partial charge in [-0.3, -0.25) is 14.9 Å². The van der Waals surface area contributed by atoms with E-state index in [4.69, 9.17) is 19.2 Å². The molecule has 0 spiro atoms. The number of hydrogen-bond acceptors (Lipinski definition) is 9. The molecule has 224 valence electrons. The van der Waals surface area contributed by atoms with Crippen molar-refractivity contribution < 1.29 is 19.1 Å². The van der Waals surface area contributed by atoms with Crippen LogP contribution >= 0.6 is 0 Å². The number of ether oxygens (including phenoxy) is 3. The third-order valence-corrected chi connectivity index (χ3v) is 6.93. The van der Waals surface area contributed by atoms with E-state index in [0.717, 1.165) is 28.6 Å². The maximum absolute atomic E-state index is 13.8. The molecule has 0 saturated carbocycles. The fraction of sp³-hybridized carbons (Fsp3) is 0.212. The zero-order valence-corrected chi connectivity index (χ0v) is 25.0. The van der Waals surface area contributed by atoms with Crippen molar-refractivity contribution in [1.82, 2.24) is 14.6 Å². The molecule has 3 aromatic carbocycles. The van der Waals surface area contributed by atoms with Gasteiger partial charge in [0.05, 0.1) is 35.8 Å². The molecule has 0 aliphatic heterocycles. The summed E-state index contributed by atoms with van der Waals surface area (Å²) in [4.78, 5) is 33.0. The van der Waals surface area contributed by atoms with Crippen LogP contribution in [0.2, 0.25) is 0 Å². The van der Waals surface area contributed by atoms with Crippen LogP contribution in [0.3, 0.4) is 0 Å². The average molecular weight is 594 g/mol. The van der Waals surface area contributed by atoms with E-state index in [0.29, 0.717) is 40.4 Å². The van der Waals surface area contributed by atoms with Crippen molar-refractivity contribution in [1.29, 1.82) is 0 Å². The SMILES string of the molecule is CCOc1cc(C)c(-c2nc3ccccc3c(=O)n2N=Cc2ccc(Oc3ccc([N+](=O)[O-])cn3)c(OC)c2)cc1C(C)C. The standard InChI is InChI=1S/C33H31N5O6/c1-6-43-29-15-21(4)26(17-25(29)20(2)3)32-36-27-10-8-7-9-24(27)33(39)37(32)35-18-22-11-13-28(30(16-22)42-5)44-31-14-12-23(19-34-31)38(40)41/h7-20H,6H2,1-5H3. The first kappa shape index (κ1) is 29.9. The predicted molar refractivity (Wildman–Crippen MR) is 168 cm³/mol. The lowest BCUT2D eigenvalue weighted by Crippen LogP contribution is -2.21. The van der Waals surface area contributed by atoms with Gasteiger partial charge < -0.3 is 14.2 Å². The molecule has 0 radical (unpaired) electrons. The first-order valence-electron chi connectivity index (χ1n) is 14.0. The minimum Gasteiger partial charge on any atom is -0.494 e. The van der Waals surface area contributed by atoms with E-state index in [2.05, 4.69) is 23.9 Å². The maximum atomic E-state index is 13.8. The molecule has 0 fully saturated rings. The fourth-order valence-electron chi connectivity index (χ4n) is 4.70. The topological polar surface area (TPSA) is 131 Å². The van der Waals surface area contributed by atoms with Crippen molar-refractivity contribution in [2.24, 2.45) is 5.10 Å². The summed E-state index contributed by atoms with van der Waals surface area (Å²) < 4.78 is 18.5. The summed E-state index contributed by atoms with van der Waals surface area (Å²) in [6.45, 7) is 8.63. The molecule has 11 nitrogen and oxygen atoms in total. The van der Waals surface area contributed by atoms with Crippen molar-refractivity contribution in [3.05, 3.63) is 110 Å². The number of para-hydroxylation sites is 1. The Bertz CT molecular complexity index is 1930. The molecule has 0 unspecified atom stereocenters. The van der Waals surface area contributed by atoms with Crippen LogP contribution in [-0.4, -0.2) is 39.5 Å². The van der Waals surface area contributed by atoms with E-state index >= 15 is 0 Å². The summed E-state index contributed by atoms with van der Waals surface area (Å²) in [5, 5.41) is 16.0. The number of hydrogen-bond donors (Lipinski definition) is 0. The summed E-state index contributed by atoms with van der Waals surface area (Å²) in [6.07, 6.45) is 2.66. The number of pyridine rings is 1. The van der Waals surface area contributed by atoms with Crippen molar-refractivity contribution >= 4 is 22.8 Å². The molecule has 5 aromatic rings. The summed E-state index contributed by atoms with van der Waals surface area (Å²) in [5.41, 5.74) is 3.42. The van der Waals surface area contributed by atoms with Crippen molar-refractivity contribution in [3.63, 3.8) is 0 Å². The molecule has 0 N–H and O–H groups in total. The third kappa shape index (κ3) is 6.12. The summed E-state index contributed by atoms with van der Waals surface area (Å²) in [6, 6.07) is 19.0. The van der Waals surface area contributed by atoms with Gasteiger partial charge in [0.1, 0.15) is 11.9 Å². The Hall–Kier alpha value is -5.58. The lowest BCUT2D eigenvalue weighted by Gasteiger charge is -2.18. The van der Waals surface area contributed by atoms with E-state index in [1.54, 1.807) is 36.5 Å². The lowest BCUT2D eigenvalue weighted by molar-refractivity contribution is -0.385. The van der Waals surface area contributed by atoms with Gasteiger partial charge in [-0.2, -0.15) is 9.78 Å². The van der Waals surface area contributed by atoms with Crippen LogP contribution in [0.1, 0.15) is 43.4 Å². The number of nitro groups is 1. The molecule has 2 heterocycles. The molecule has 0 aliphatic rings. The third-order valence-electron chi connectivity index (χ3n) is 6.93. The van der Waals surface area contributed by atoms with Crippen LogP contribution in [0, 0.1) is 17.0 Å². The number of aromatic nitrogens is 3. The number of rotatable bonds is 10. The van der Waals surface area contributed by atoms with Crippen LogP contribution in [-0.2, 0) is 0 Å². The second-order valence-electron chi connectivity index (χ2n) is 10.2. The summed E-state index contributed by atoms with van der Waals surface area (Å²) >= 11 is 0. The second kappa shape index (κ2) is 12.7. The largest absolute Gasteiger partial charge is 0.494 e. The summed E-state index contributed by atoms with van der Waals surface area (Å²) in [7, 11) is 1.49. The van der Waals surface area contributed by atoms with E-state index in [9.17, 15) is 14.9 Å². The normalized spacial score (nSPS) is 11.3. The Balaban J connectivity index is 1.57. The highest BCUT2D eigenvalue weighted by atomic mass is 16.6. The van der Waals surface area contributed by atoms with Crippen LogP contribution in [0.5, 0.6) is 23.1 Å². The number of benzene rings is 3. The molecule has 0 atom stereocenters. The van der Waals surface area contributed by atoms with Gasteiger partial charge in [-0.1, -0.05) is 26.0 Å². The number of nitrogens with zero attached hydrogens (tertiary/aromatic N) is 5. The van der Waals surface area contributed by atoms with Gasteiger partial charge in [0.25, 0.3) is 11.2 Å². The van der Waals surface area contributed by atoms with Gasteiger partial charge in [-0.25, -0.2) is 9.97 Å². The maximum Gasteiger partial charge on any atom is 0.287 e. The predicted octanol–water partition coefficient (Wildman–Crippen LogP) is 6.88. The van der Waals surface area contributed by atoms with Crippen LogP contribution in [0.25, 0.3) is 22.3 Å². The zero-order valence-electron chi connectivity index (χ0n) is 25.0. The van der Waals surface area contributed by atoms with Gasteiger partial charge in [0, 0.05) is 17.7 Å². The first-order chi connectivity index (χ1) is 21.2. The monoisotopic (exact) mass is 593 g/mol. The highest BCUT2D eigenvalue weighted by Crippen LogP contribution is 2.35. The minimum absolute atomic E-state index is 0.144. The smallest absolute Gasteiger partial charge is 0.287 e. The van der Waals surface area contributed by atoms with Crippen molar-refractivity contribution in [2.45, 2.75) is 33.6 Å². The highest BCUT2D eigenvalue weighted by molar-refractivity contribution is 5.83. The number of aryl methyl sites for hydroxylation is 1. The zero-order chi connectivity index (χ0) is 31.4. The van der Waals surface area contributed by atoms with E-state index in [1.807, 2.05) is 38.1 Å². The molecule has 0 aliphatic carbocycles. The second-order valence-corrected chi connectivity index (χ2v) is 10.2. The molecule has 0 bridgehead atoms. The quantitative estimate of drug-likeness (QED) is 0.0973. The van der Waals surface area contributed by atoms with Gasteiger partial charge in [-0.05, 0) is 78.9 Å². The Morgan fingerprint density at radius 3 is 2.52 bits per heavy atom. The van der Waals surface area contributed by atoms with Gasteiger partial charge in [-0.15, -0.1) is 0 Å². The molecule has 11 heteroatoms. The van der Waals surface area contributed by atoms with Gasteiger partial charge >= 0.3 is 0 Å². The molecule has 2 aromatic heterocycles. The lowest BCUT2D eigenvalue weighted by atomic mass is 9.96. The number of methoxy groups -OCH3 is 1. The van der Waals surface area contributed by atoms with Crippen LogP contribution in [0.15, 0.2) is 82.8 Å². The Morgan fingerprint density at radius 2 is 1.84 bits per heavy atom. The molecule has 0 saturated heterocycles. The molecule has 44 heavy (non-hydrogen) atoms. The first-order valence-corrected chi connectivity index (χ1v) is 14.0. The Kier molecular flexibility index (Phi) is 8.66. The molecule has 0 amide bonds. The van der Waals surface area contributed by atoms with Crippen LogP contribution < -0.4 is 19.8 Å². The highest BCUT2D eigenvalue weighted by Gasteiger charge is 2.19. The molecular weight excluding hydrogens is 562 g/mol. The average Bonchev–Trinajstić information content (AvgIpc) is 3.01. The Morgan fingerprint density at radius 1 is 1.05 bits per heavy atom. The van der Waals surface area contributed by atoms with Gasteiger partial charge in [0.15, 0.2) is 17.3 Å². The Labute approximate surface area is 253 Å². The van der Waals surface area contributed by atoms with Crippen molar-refractivity contribution in [3.8, 4) is 34.5 Å². The van der Waals surface area contributed by atoms with Crippen LogP contribution in [0.4, 0.5) is 5.69 Å². The minimum atomic E-state index is -0.534. The van der Waals surface area contributed by atoms with Gasteiger partial charge in [0.2, 0.25) is 5.88 Å². The molecule has 5 rings (SSSR count). The van der Waals surface area contributed by atoms with E-state index < -0.39 is 4.92 Å². The van der Waals surface area contributed by atoms with Crippen molar-refractivity contribution in [2.75, 3.05) is 13.7 Å². The number of fused-ring (bicyclic) bond motifs is 1.